The molecule has 0 aliphatic heterocycles. The molecule has 0 saturated carbocycles. The molecule has 0 aromatic heterocycles. The van der Waals surface area contributed by atoms with Crippen LogP contribution in [0.25, 0.3) is 0 Å². The first-order valence-corrected chi connectivity index (χ1v) is 12.2. The number of hydrogen-bond donors (Lipinski definition) is 1. The van der Waals surface area contributed by atoms with Crippen molar-refractivity contribution in [2.75, 3.05) is 13.2 Å². The summed E-state index contributed by atoms with van der Waals surface area (Å²) in [5, 5.41) is 8.81. The standard InChI is InChI=1S/C24H48O4/c1-3-5-7-9-10-11-12-13-14-15-16-17-18-20-24(28-22-23(25)26)27-21-19-8-6-4-2/h24H,3-22H2,1-2H3,(H,25,26). The molecule has 0 amide bonds. The first kappa shape index (κ1) is 27.4. The van der Waals surface area contributed by atoms with Gasteiger partial charge in [-0.05, 0) is 19.3 Å². The quantitative estimate of drug-likeness (QED) is 0.142. The molecule has 1 atom stereocenters. The molecule has 0 aliphatic carbocycles. The van der Waals surface area contributed by atoms with Crippen LogP contribution >= 0.6 is 0 Å². The van der Waals surface area contributed by atoms with Gasteiger partial charge in [-0.1, -0.05) is 110 Å². The molecule has 0 aromatic carbocycles. The average molecular weight is 401 g/mol. The van der Waals surface area contributed by atoms with Crippen LogP contribution in [0, 0.1) is 0 Å². The van der Waals surface area contributed by atoms with Crippen LogP contribution in [0.15, 0.2) is 0 Å². The van der Waals surface area contributed by atoms with E-state index in [1.165, 1.54) is 96.3 Å². The van der Waals surface area contributed by atoms with Crippen LogP contribution in [-0.2, 0) is 14.3 Å². The summed E-state index contributed by atoms with van der Waals surface area (Å²) in [5.74, 6) is -0.926. The zero-order chi connectivity index (χ0) is 20.7. The molecule has 28 heavy (non-hydrogen) atoms. The summed E-state index contributed by atoms with van der Waals surface area (Å²) in [6.07, 6.45) is 22.4. The van der Waals surface area contributed by atoms with Crippen LogP contribution in [0.5, 0.6) is 0 Å². The fraction of sp³-hybridized carbons (Fsp3) is 0.958. The highest BCUT2D eigenvalue weighted by Crippen LogP contribution is 2.15. The maximum atomic E-state index is 10.7. The lowest BCUT2D eigenvalue weighted by Gasteiger charge is -2.17. The van der Waals surface area contributed by atoms with E-state index in [0.29, 0.717) is 6.61 Å². The molecule has 0 rings (SSSR count). The third-order valence-electron chi connectivity index (χ3n) is 5.24. The van der Waals surface area contributed by atoms with Gasteiger partial charge in [-0.15, -0.1) is 0 Å². The van der Waals surface area contributed by atoms with E-state index in [1.807, 2.05) is 0 Å². The largest absolute Gasteiger partial charge is 0.480 e. The maximum Gasteiger partial charge on any atom is 0.329 e. The summed E-state index contributed by atoms with van der Waals surface area (Å²) in [4.78, 5) is 10.7. The first-order valence-electron chi connectivity index (χ1n) is 12.2. The Labute approximate surface area is 174 Å². The van der Waals surface area contributed by atoms with E-state index in [9.17, 15) is 4.79 Å². The van der Waals surface area contributed by atoms with Crippen LogP contribution in [0.4, 0.5) is 0 Å². The lowest BCUT2D eigenvalue weighted by Crippen LogP contribution is -2.22. The molecule has 0 heterocycles. The SMILES string of the molecule is CCCCCCCCCCCCCCCC(OCCCCCC)OCC(=O)O. The molecule has 1 N–H and O–H groups in total. The van der Waals surface area contributed by atoms with Crippen molar-refractivity contribution in [1.82, 2.24) is 0 Å². The zero-order valence-corrected chi connectivity index (χ0v) is 18.9. The van der Waals surface area contributed by atoms with Gasteiger partial charge in [0.15, 0.2) is 6.29 Å². The summed E-state index contributed by atoms with van der Waals surface area (Å²) < 4.78 is 11.2. The minimum atomic E-state index is -0.926. The van der Waals surface area contributed by atoms with Crippen molar-refractivity contribution >= 4 is 5.97 Å². The zero-order valence-electron chi connectivity index (χ0n) is 18.9. The number of hydrogen-bond acceptors (Lipinski definition) is 3. The summed E-state index contributed by atoms with van der Waals surface area (Å²) in [6.45, 7) is 4.86. The van der Waals surface area contributed by atoms with Crippen LogP contribution in [-0.4, -0.2) is 30.6 Å². The van der Waals surface area contributed by atoms with Gasteiger partial charge in [-0.2, -0.15) is 0 Å². The van der Waals surface area contributed by atoms with E-state index in [1.54, 1.807) is 0 Å². The van der Waals surface area contributed by atoms with Crippen molar-refractivity contribution in [3.8, 4) is 0 Å². The Bertz CT molecular complexity index is 320. The Kier molecular flexibility index (Phi) is 22.2. The third kappa shape index (κ3) is 21.7. The smallest absolute Gasteiger partial charge is 0.329 e. The molecule has 0 aliphatic rings. The van der Waals surface area contributed by atoms with Crippen molar-refractivity contribution in [3.63, 3.8) is 0 Å². The lowest BCUT2D eigenvalue weighted by molar-refractivity contribution is -0.170. The van der Waals surface area contributed by atoms with E-state index < -0.39 is 5.97 Å². The fourth-order valence-electron chi connectivity index (χ4n) is 3.45. The summed E-state index contributed by atoms with van der Waals surface area (Å²) in [7, 11) is 0. The molecule has 1 unspecified atom stereocenters. The predicted octanol–water partition coefficient (Wildman–Crippen LogP) is 7.49. The minimum Gasteiger partial charge on any atom is -0.480 e. The first-order chi connectivity index (χ1) is 13.7. The predicted molar refractivity (Wildman–Crippen MR) is 118 cm³/mol. The van der Waals surface area contributed by atoms with Crippen LogP contribution in [0.1, 0.15) is 129 Å². The topological polar surface area (TPSA) is 55.8 Å². The normalized spacial score (nSPS) is 12.4. The maximum absolute atomic E-state index is 10.7. The molecule has 0 bridgehead atoms. The van der Waals surface area contributed by atoms with Gasteiger partial charge in [0.2, 0.25) is 0 Å². The highest BCUT2D eigenvalue weighted by Gasteiger charge is 2.11. The lowest BCUT2D eigenvalue weighted by atomic mass is 10.0. The Balaban J connectivity index is 3.54. The summed E-state index contributed by atoms with van der Waals surface area (Å²) >= 11 is 0. The van der Waals surface area contributed by atoms with Gasteiger partial charge in [0.05, 0.1) is 0 Å². The van der Waals surface area contributed by atoms with E-state index in [0.717, 1.165) is 19.3 Å². The van der Waals surface area contributed by atoms with Gasteiger partial charge in [-0.3, -0.25) is 0 Å². The Morgan fingerprint density at radius 1 is 0.643 bits per heavy atom. The molecular formula is C24H48O4. The molecule has 4 nitrogen and oxygen atoms in total. The molecule has 4 heteroatoms. The van der Waals surface area contributed by atoms with Gasteiger partial charge < -0.3 is 14.6 Å². The molecule has 0 saturated heterocycles. The highest BCUT2D eigenvalue weighted by atomic mass is 16.7. The number of carboxylic acid groups (broad SMARTS) is 1. The van der Waals surface area contributed by atoms with Gasteiger partial charge in [0.25, 0.3) is 0 Å². The van der Waals surface area contributed by atoms with Gasteiger partial charge in [-0.25, -0.2) is 4.79 Å². The molecular weight excluding hydrogens is 352 g/mol. The molecule has 168 valence electrons. The number of carbonyl (C=O) groups is 1. The van der Waals surface area contributed by atoms with Crippen LogP contribution in [0.3, 0.4) is 0 Å². The number of unbranched alkanes of at least 4 members (excludes halogenated alkanes) is 15. The Hall–Kier alpha value is -0.610. The van der Waals surface area contributed by atoms with Crippen LogP contribution in [0.2, 0.25) is 0 Å². The summed E-state index contributed by atoms with van der Waals surface area (Å²) in [6, 6.07) is 0. The minimum absolute atomic E-state index is 0.266. The van der Waals surface area contributed by atoms with Crippen molar-refractivity contribution < 1.29 is 19.4 Å². The second-order valence-corrected chi connectivity index (χ2v) is 8.10. The number of aliphatic carboxylic acids is 1. The summed E-state index contributed by atoms with van der Waals surface area (Å²) in [5.41, 5.74) is 0. The molecule has 0 spiro atoms. The van der Waals surface area contributed by atoms with Crippen molar-refractivity contribution in [2.45, 2.75) is 136 Å². The van der Waals surface area contributed by atoms with E-state index in [2.05, 4.69) is 13.8 Å². The fourth-order valence-corrected chi connectivity index (χ4v) is 3.45. The highest BCUT2D eigenvalue weighted by molar-refractivity contribution is 5.67. The van der Waals surface area contributed by atoms with Crippen molar-refractivity contribution in [2.24, 2.45) is 0 Å². The number of carboxylic acids is 1. The average Bonchev–Trinajstić information content (AvgIpc) is 2.68. The second kappa shape index (κ2) is 22.7. The van der Waals surface area contributed by atoms with E-state index >= 15 is 0 Å². The monoisotopic (exact) mass is 400 g/mol. The molecule has 0 fully saturated rings. The number of rotatable bonds is 23. The van der Waals surface area contributed by atoms with Crippen molar-refractivity contribution in [3.05, 3.63) is 0 Å². The number of ether oxygens (including phenoxy) is 2. The van der Waals surface area contributed by atoms with Gasteiger partial charge in [0, 0.05) is 6.61 Å². The van der Waals surface area contributed by atoms with E-state index in [-0.39, 0.29) is 12.9 Å². The molecule has 0 aromatic rings. The van der Waals surface area contributed by atoms with E-state index in [4.69, 9.17) is 14.6 Å². The Morgan fingerprint density at radius 2 is 1.07 bits per heavy atom. The van der Waals surface area contributed by atoms with Gasteiger partial charge in [0.1, 0.15) is 6.61 Å². The second-order valence-electron chi connectivity index (χ2n) is 8.10. The van der Waals surface area contributed by atoms with Crippen LogP contribution < -0.4 is 0 Å². The van der Waals surface area contributed by atoms with Crippen molar-refractivity contribution in [1.29, 1.82) is 0 Å². The third-order valence-corrected chi connectivity index (χ3v) is 5.24. The Morgan fingerprint density at radius 3 is 1.54 bits per heavy atom. The molecule has 0 radical (unpaired) electrons. The van der Waals surface area contributed by atoms with Gasteiger partial charge >= 0.3 is 5.97 Å².